The molecule has 50 heavy (non-hydrogen) atoms. The Hall–Kier alpha value is -5.03. The number of ketones is 1. The van der Waals surface area contributed by atoms with Crippen molar-refractivity contribution in [2.24, 2.45) is 5.92 Å². The minimum atomic E-state index is -1.32. The summed E-state index contributed by atoms with van der Waals surface area (Å²) in [7, 11) is 0. The summed E-state index contributed by atoms with van der Waals surface area (Å²) in [6, 6.07) is 22.7. The van der Waals surface area contributed by atoms with Crippen molar-refractivity contribution in [2.75, 3.05) is 25.0 Å². The number of hydrogen-bond acceptors (Lipinski definition) is 7. The molecule has 1 unspecified atom stereocenters. The van der Waals surface area contributed by atoms with Crippen LogP contribution >= 0.6 is 0 Å². The molecule has 1 fully saturated rings. The number of benzene rings is 3. The summed E-state index contributed by atoms with van der Waals surface area (Å²) < 4.78 is 13.0. The second-order valence-corrected chi connectivity index (χ2v) is 14.3. The van der Waals surface area contributed by atoms with Gasteiger partial charge in [0.1, 0.15) is 11.6 Å². The molecule has 0 saturated carbocycles. The number of carbonyl (C=O) groups excluding carboxylic acids is 4. The van der Waals surface area contributed by atoms with E-state index >= 15 is 0 Å². The lowest BCUT2D eigenvalue weighted by atomic mass is 9.90. The predicted octanol–water partition coefficient (Wildman–Crippen LogP) is 6.28. The van der Waals surface area contributed by atoms with Gasteiger partial charge in [-0.1, -0.05) is 72.8 Å². The first-order chi connectivity index (χ1) is 23.8. The van der Waals surface area contributed by atoms with Crippen molar-refractivity contribution in [1.29, 1.82) is 0 Å². The van der Waals surface area contributed by atoms with Gasteiger partial charge in [-0.05, 0) is 69.4 Å². The average Bonchev–Trinajstić information content (AvgIpc) is 3.77. The summed E-state index contributed by atoms with van der Waals surface area (Å²) in [4.78, 5) is 60.2. The third kappa shape index (κ3) is 9.35. The molecule has 11 heteroatoms. The number of nitrogens with one attached hydrogen (secondary N) is 2. The van der Waals surface area contributed by atoms with Crippen LogP contribution in [0.5, 0.6) is 0 Å². The zero-order valence-electron chi connectivity index (χ0n) is 29.5. The number of rotatable bonds is 13. The lowest BCUT2D eigenvalue weighted by molar-refractivity contribution is -0.132. The molecule has 0 radical (unpaired) electrons. The van der Waals surface area contributed by atoms with E-state index in [-0.39, 0.29) is 37.1 Å². The summed E-state index contributed by atoms with van der Waals surface area (Å²) in [5.74, 6) is -1.55. The standard InChI is InChI=1S/C39H47N5O6/c1-38(2,3)50-37(48)42-39(4,5)32(45)22-29(25-49-24-27-14-7-6-8-15-27)35(46)41-33-23-44(26-40-33)34(36(47)43-20-11-12-21-43)31-19-13-17-28-16-9-10-18-30(28)31/h6-10,13-19,23,26,29,34H,11-12,20-22,24-25H2,1-5H3,(H,41,46)(H,42,48)/t29-,34?/m1/s1. The van der Waals surface area contributed by atoms with Gasteiger partial charge in [0.25, 0.3) is 0 Å². The second-order valence-electron chi connectivity index (χ2n) is 14.3. The summed E-state index contributed by atoms with van der Waals surface area (Å²) in [5.41, 5.74) is -0.297. The summed E-state index contributed by atoms with van der Waals surface area (Å²) in [6.45, 7) is 9.93. The van der Waals surface area contributed by atoms with E-state index < -0.39 is 35.1 Å². The molecule has 264 valence electrons. The Bertz CT molecular complexity index is 1800. The number of nitrogens with zero attached hydrogens (tertiary/aromatic N) is 3. The highest BCUT2D eigenvalue weighted by molar-refractivity contribution is 5.98. The maximum atomic E-state index is 14.0. The van der Waals surface area contributed by atoms with E-state index in [2.05, 4.69) is 15.6 Å². The molecule has 3 aromatic carbocycles. The van der Waals surface area contributed by atoms with E-state index in [4.69, 9.17) is 9.47 Å². The van der Waals surface area contributed by atoms with Gasteiger partial charge in [-0.2, -0.15) is 0 Å². The highest BCUT2D eigenvalue weighted by atomic mass is 16.6. The third-order valence-electron chi connectivity index (χ3n) is 8.66. The molecule has 11 nitrogen and oxygen atoms in total. The lowest BCUT2D eigenvalue weighted by Gasteiger charge is -2.28. The SMILES string of the molecule is CC(C)(C)OC(=O)NC(C)(C)C(=O)C[C@H](COCc1ccccc1)C(=O)Nc1cn(C(C(=O)N2CCCC2)c2cccc3ccccc23)cn1. The number of likely N-dealkylation sites (tertiary alicyclic amines) is 1. The Balaban J connectivity index is 1.36. The zero-order valence-corrected chi connectivity index (χ0v) is 29.5. The van der Waals surface area contributed by atoms with E-state index in [0.29, 0.717) is 13.1 Å². The number of carbonyl (C=O) groups is 4. The van der Waals surface area contributed by atoms with Crippen LogP contribution in [0, 0.1) is 5.92 Å². The monoisotopic (exact) mass is 681 g/mol. The first-order valence-corrected chi connectivity index (χ1v) is 17.1. The molecule has 0 bridgehead atoms. The largest absolute Gasteiger partial charge is 0.444 e. The number of fused-ring (bicyclic) bond motifs is 1. The Kier molecular flexibility index (Phi) is 11.4. The number of imidazole rings is 1. The van der Waals surface area contributed by atoms with E-state index in [1.54, 1.807) is 51.7 Å². The van der Waals surface area contributed by atoms with Crippen LogP contribution in [0.2, 0.25) is 0 Å². The van der Waals surface area contributed by atoms with Crippen LogP contribution < -0.4 is 10.6 Å². The average molecular weight is 682 g/mol. The predicted molar refractivity (Wildman–Crippen MR) is 191 cm³/mol. The molecule has 2 atom stereocenters. The molecule has 3 amide bonds. The van der Waals surface area contributed by atoms with Crippen molar-refractivity contribution < 1.29 is 28.7 Å². The maximum Gasteiger partial charge on any atom is 0.408 e. The summed E-state index contributed by atoms with van der Waals surface area (Å²) in [6.07, 6.45) is 4.17. The van der Waals surface area contributed by atoms with Gasteiger partial charge in [0.15, 0.2) is 11.6 Å². The first kappa shape index (κ1) is 36.3. The number of aromatic nitrogens is 2. The number of amides is 3. The minimum absolute atomic E-state index is 0.0355. The van der Waals surface area contributed by atoms with Gasteiger partial charge in [-0.15, -0.1) is 0 Å². The first-order valence-electron chi connectivity index (χ1n) is 17.1. The number of anilines is 1. The molecule has 1 saturated heterocycles. The van der Waals surface area contributed by atoms with Crippen LogP contribution in [0.15, 0.2) is 85.3 Å². The normalized spacial score (nSPS) is 14.6. The van der Waals surface area contributed by atoms with Crippen LogP contribution in [0.25, 0.3) is 10.8 Å². The molecular formula is C39H47N5O6. The molecule has 2 N–H and O–H groups in total. The Morgan fingerprint density at radius 3 is 2.28 bits per heavy atom. The molecule has 1 aromatic heterocycles. The fourth-order valence-corrected chi connectivity index (χ4v) is 6.02. The highest BCUT2D eigenvalue weighted by Gasteiger charge is 2.35. The highest BCUT2D eigenvalue weighted by Crippen LogP contribution is 2.31. The van der Waals surface area contributed by atoms with Crippen molar-refractivity contribution in [3.63, 3.8) is 0 Å². The van der Waals surface area contributed by atoms with E-state index in [9.17, 15) is 19.2 Å². The van der Waals surface area contributed by atoms with Crippen molar-refractivity contribution in [1.82, 2.24) is 19.8 Å². The number of alkyl carbamates (subject to hydrolysis) is 1. The second kappa shape index (κ2) is 15.7. The number of hydrogen-bond donors (Lipinski definition) is 2. The molecule has 5 rings (SSSR count). The fraction of sp³-hybridized carbons (Fsp3) is 0.410. The van der Waals surface area contributed by atoms with Gasteiger partial charge in [0.2, 0.25) is 11.8 Å². The smallest absolute Gasteiger partial charge is 0.408 e. The van der Waals surface area contributed by atoms with Gasteiger partial charge >= 0.3 is 6.09 Å². The van der Waals surface area contributed by atoms with Gasteiger partial charge in [0, 0.05) is 25.7 Å². The van der Waals surface area contributed by atoms with E-state index in [0.717, 1.165) is 34.7 Å². The number of Topliss-reactive ketones (excluding diaryl/α,β-unsaturated/α-hetero) is 1. The van der Waals surface area contributed by atoms with Crippen LogP contribution in [0.4, 0.5) is 10.6 Å². The van der Waals surface area contributed by atoms with E-state index in [1.807, 2.05) is 77.7 Å². The molecule has 0 spiro atoms. The van der Waals surface area contributed by atoms with Crippen molar-refractivity contribution in [2.45, 2.75) is 77.7 Å². The molecular weight excluding hydrogens is 634 g/mol. The van der Waals surface area contributed by atoms with Gasteiger partial charge in [0.05, 0.1) is 31.0 Å². The number of ether oxygens (including phenoxy) is 2. The van der Waals surface area contributed by atoms with Crippen LogP contribution in [-0.2, 0) is 30.5 Å². The fourth-order valence-electron chi connectivity index (χ4n) is 6.02. The van der Waals surface area contributed by atoms with Crippen LogP contribution in [-0.4, -0.2) is 69.0 Å². The third-order valence-corrected chi connectivity index (χ3v) is 8.66. The topological polar surface area (TPSA) is 132 Å². The van der Waals surface area contributed by atoms with Crippen molar-refractivity contribution >= 4 is 40.3 Å². The van der Waals surface area contributed by atoms with Crippen LogP contribution in [0.1, 0.15) is 71.0 Å². The van der Waals surface area contributed by atoms with Gasteiger partial charge in [-0.3, -0.25) is 14.4 Å². The lowest BCUT2D eigenvalue weighted by Crippen LogP contribution is -2.52. The van der Waals surface area contributed by atoms with E-state index in [1.165, 1.54) is 0 Å². The van der Waals surface area contributed by atoms with Crippen molar-refractivity contribution in [3.8, 4) is 0 Å². The molecule has 1 aliphatic heterocycles. The molecule has 2 heterocycles. The quantitative estimate of drug-likeness (QED) is 0.170. The zero-order chi connectivity index (χ0) is 35.9. The molecule has 0 aliphatic carbocycles. The Morgan fingerprint density at radius 2 is 1.56 bits per heavy atom. The Labute approximate surface area is 293 Å². The molecule has 1 aliphatic rings. The summed E-state index contributed by atoms with van der Waals surface area (Å²) >= 11 is 0. The van der Waals surface area contributed by atoms with Crippen LogP contribution in [0.3, 0.4) is 0 Å². The molecule has 4 aromatic rings. The van der Waals surface area contributed by atoms with Crippen molar-refractivity contribution in [3.05, 3.63) is 96.4 Å². The Morgan fingerprint density at radius 1 is 0.880 bits per heavy atom. The summed E-state index contributed by atoms with van der Waals surface area (Å²) in [5, 5.41) is 7.46. The van der Waals surface area contributed by atoms with Gasteiger partial charge < -0.3 is 29.6 Å². The minimum Gasteiger partial charge on any atom is -0.444 e. The van der Waals surface area contributed by atoms with Gasteiger partial charge in [-0.25, -0.2) is 9.78 Å². The maximum absolute atomic E-state index is 14.0.